The Hall–Kier alpha value is -2.86. The number of rotatable bonds is 7. The van der Waals surface area contributed by atoms with Crippen LogP contribution < -0.4 is 10.1 Å². The predicted octanol–water partition coefficient (Wildman–Crippen LogP) is 3.51. The molecule has 1 aliphatic heterocycles. The monoisotopic (exact) mass is 422 g/mol. The second kappa shape index (κ2) is 9.10. The molecule has 2 aliphatic rings. The van der Waals surface area contributed by atoms with Gasteiger partial charge in [-0.1, -0.05) is 43.2 Å². The summed E-state index contributed by atoms with van der Waals surface area (Å²) in [5.41, 5.74) is 1.98. The van der Waals surface area contributed by atoms with Crippen LogP contribution in [0.5, 0.6) is 5.75 Å². The Balaban J connectivity index is 1.66. The normalized spacial score (nSPS) is 19.4. The third-order valence-electron chi connectivity index (χ3n) is 6.70. The van der Waals surface area contributed by atoms with Crippen LogP contribution in [0.15, 0.2) is 48.5 Å². The largest absolute Gasteiger partial charge is 0.497 e. The molecule has 1 N–H and O–H groups in total. The number of carbonyl (C=O) groups excluding carboxylic acids is 2. The van der Waals surface area contributed by atoms with Crippen molar-refractivity contribution in [2.45, 2.75) is 43.7 Å². The van der Waals surface area contributed by atoms with Gasteiger partial charge in [-0.3, -0.25) is 9.59 Å². The van der Waals surface area contributed by atoms with Crippen LogP contribution in [-0.2, 0) is 16.1 Å². The summed E-state index contributed by atoms with van der Waals surface area (Å²) in [5, 5.41) is 3.14. The van der Waals surface area contributed by atoms with Crippen molar-refractivity contribution in [3.63, 3.8) is 0 Å². The Morgan fingerprint density at radius 2 is 1.81 bits per heavy atom. The van der Waals surface area contributed by atoms with Crippen molar-refractivity contribution in [1.29, 1.82) is 0 Å². The van der Waals surface area contributed by atoms with Gasteiger partial charge in [0, 0.05) is 25.8 Å². The molecule has 2 aromatic carbocycles. The molecule has 2 aromatic rings. The standard InChI is InChI=1S/C25H30N2O4/c1-30-16-15-27-24(29)21-8-4-3-7-20(21)22(25(27)13-5-6-14-25)23(28)26-17-18-9-11-19(31-2)12-10-18/h3-4,7-12,22H,5-6,13-17H2,1-2H3,(H,26,28)/t22-/m1/s1. The summed E-state index contributed by atoms with van der Waals surface area (Å²) in [6.45, 7) is 1.38. The lowest BCUT2D eigenvalue weighted by molar-refractivity contribution is -0.126. The molecule has 1 heterocycles. The Labute approximate surface area is 183 Å². The average molecular weight is 423 g/mol. The van der Waals surface area contributed by atoms with Gasteiger partial charge >= 0.3 is 0 Å². The lowest BCUT2D eigenvalue weighted by Gasteiger charge is -2.50. The first-order chi connectivity index (χ1) is 15.1. The Bertz CT molecular complexity index is 935. The van der Waals surface area contributed by atoms with Crippen molar-refractivity contribution in [3.05, 3.63) is 65.2 Å². The van der Waals surface area contributed by atoms with E-state index in [0.29, 0.717) is 25.3 Å². The number of nitrogens with one attached hydrogen (secondary N) is 1. The van der Waals surface area contributed by atoms with Gasteiger partial charge in [-0.05, 0) is 42.2 Å². The fraction of sp³-hybridized carbons (Fsp3) is 0.440. The van der Waals surface area contributed by atoms with Crippen molar-refractivity contribution < 1.29 is 19.1 Å². The van der Waals surface area contributed by atoms with Crippen LogP contribution in [0.1, 0.15) is 53.1 Å². The zero-order valence-corrected chi connectivity index (χ0v) is 18.2. The zero-order valence-electron chi connectivity index (χ0n) is 18.2. The van der Waals surface area contributed by atoms with Crippen molar-refractivity contribution >= 4 is 11.8 Å². The molecule has 0 bridgehead atoms. The predicted molar refractivity (Wildman–Crippen MR) is 118 cm³/mol. The summed E-state index contributed by atoms with van der Waals surface area (Å²) in [7, 11) is 3.28. The van der Waals surface area contributed by atoms with Crippen molar-refractivity contribution in [2.24, 2.45) is 0 Å². The minimum Gasteiger partial charge on any atom is -0.497 e. The fourth-order valence-electron chi connectivity index (χ4n) is 5.21. The Morgan fingerprint density at radius 3 is 2.48 bits per heavy atom. The molecule has 0 radical (unpaired) electrons. The number of fused-ring (bicyclic) bond motifs is 1. The minimum atomic E-state index is -0.492. The summed E-state index contributed by atoms with van der Waals surface area (Å²) in [4.78, 5) is 29.0. The third-order valence-corrected chi connectivity index (χ3v) is 6.70. The summed E-state index contributed by atoms with van der Waals surface area (Å²) in [6, 6.07) is 15.2. The van der Waals surface area contributed by atoms with E-state index < -0.39 is 5.54 Å². The summed E-state index contributed by atoms with van der Waals surface area (Å²) in [6.07, 6.45) is 3.69. The molecule has 1 fully saturated rings. The van der Waals surface area contributed by atoms with Crippen LogP contribution in [0.4, 0.5) is 0 Å². The van der Waals surface area contributed by atoms with E-state index in [1.54, 1.807) is 14.2 Å². The van der Waals surface area contributed by atoms with Gasteiger partial charge in [0.2, 0.25) is 5.91 Å². The molecule has 1 spiro atoms. The van der Waals surface area contributed by atoms with E-state index in [0.717, 1.165) is 42.6 Å². The molecule has 0 unspecified atom stereocenters. The van der Waals surface area contributed by atoms with Gasteiger partial charge in [-0.2, -0.15) is 0 Å². The van der Waals surface area contributed by atoms with E-state index in [1.807, 2.05) is 53.4 Å². The van der Waals surface area contributed by atoms with Gasteiger partial charge in [0.1, 0.15) is 5.75 Å². The van der Waals surface area contributed by atoms with E-state index in [1.165, 1.54) is 0 Å². The van der Waals surface area contributed by atoms with Crippen LogP contribution in [-0.4, -0.2) is 49.6 Å². The van der Waals surface area contributed by atoms with Gasteiger partial charge in [-0.25, -0.2) is 0 Å². The van der Waals surface area contributed by atoms with Crippen LogP contribution in [0, 0.1) is 0 Å². The number of carbonyl (C=O) groups is 2. The molecule has 1 atom stereocenters. The number of hydrogen-bond donors (Lipinski definition) is 1. The first kappa shape index (κ1) is 21.4. The maximum atomic E-state index is 13.6. The molecule has 6 nitrogen and oxygen atoms in total. The first-order valence-electron chi connectivity index (χ1n) is 10.9. The van der Waals surface area contributed by atoms with Crippen LogP contribution >= 0.6 is 0 Å². The van der Waals surface area contributed by atoms with Gasteiger partial charge in [0.25, 0.3) is 5.91 Å². The molecular formula is C25H30N2O4. The van der Waals surface area contributed by atoms with Crippen LogP contribution in [0.2, 0.25) is 0 Å². The van der Waals surface area contributed by atoms with E-state index in [4.69, 9.17) is 9.47 Å². The SMILES string of the molecule is COCCN1C(=O)c2ccccc2[C@H](C(=O)NCc2ccc(OC)cc2)C12CCCC2. The quantitative estimate of drug-likeness (QED) is 0.742. The minimum absolute atomic E-state index is 0.00811. The van der Waals surface area contributed by atoms with Crippen LogP contribution in [0.3, 0.4) is 0 Å². The maximum absolute atomic E-state index is 13.6. The molecule has 2 amide bonds. The summed E-state index contributed by atoms with van der Waals surface area (Å²) >= 11 is 0. The molecule has 0 saturated heterocycles. The highest BCUT2D eigenvalue weighted by atomic mass is 16.5. The van der Waals surface area contributed by atoms with Gasteiger partial charge in [-0.15, -0.1) is 0 Å². The fourth-order valence-corrected chi connectivity index (χ4v) is 5.21. The third kappa shape index (κ3) is 3.92. The van der Waals surface area contributed by atoms with E-state index >= 15 is 0 Å². The summed E-state index contributed by atoms with van der Waals surface area (Å²) < 4.78 is 10.5. The highest BCUT2D eigenvalue weighted by molar-refractivity contribution is 6.02. The number of nitrogens with zero attached hydrogens (tertiary/aromatic N) is 1. The average Bonchev–Trinajstić information content (AvgIpc) is 3.28. The molecule has 4 rings (SSSR count). The first-order valence-corrected chi connectivity index (χ1v) is 10.9. The summed E-state index contributed by atoms with van der Waals surface area (Å²) in [5.74, 6) is 0.376. The second-order valence-electron chi connectivity index (χ2n) is 8.35. The molecule has 164 valence electrons. The van der Waals surface area contributed by atoms with E-state index in [-0.39, 0.29) is 17.7 Å². The number of amides is 2. The van der Waals surface area contributed by atoms with Crippen molar-refractivity contribution in [2.75, 3.05) is 27.4 Å². The maximum Gasteiger partial charge on any atom is 0.254 e. The molecule has 31 heavy (non-hydrogen) atoms. The van der Waals surface area contributed by atoms with Crippen molar-refractivity contribution in [1.82, 2.24) is 10.2 Å². The topological polar surface area (TPSA) is 67.9 Å². The Kier molecular flexibility index (Phi) is 6.28. The molecule has 6 heteroatoms. The lowest BCUT2D eigenvalue weighted by Crippen LogP contribution is -2.61. The number of ether oxygens (including phenoxy) is 2. The lowest BCUT2D eigenvalue weighted by atomic mass is 9.71. The smallest absolute Gasteiger partial charge is 0.254 e. The number of hydrogen-bond acceptors (Lipinski definition) is 4. The van der Waals surface area contributed by atoms with E-state index in [2.05, 4.69) is 5.32 Å². The zero-order chi connectivity index (χ0) is 21.8. The van der Waals surface area contributed by atoms with Gasteiger partial charge in [0.15, 0.2) is 0 Å². The Morgan fingerprint density at radius 1 is 1.10 bits per heavy atom. The number of methoxy groups -OCH3 is 2. The number of benzene rings is 2. The van der Waals surface area contributed by atoms with Gasteiger partial charge in [0.05, 0.1) is 25.2 Å². The van der Waals surface area contributed by atoms with E-state index in [9.17, 15) is 9.59 Å². The van der Waals surface area contributed by atoms with Crippen molar-refractivity contribution in [3.8, 4) is 5.75 Å². The highest BCUT2D eigenvalue weighted by Gasteiger charge is 2.55. The molecule has 1 saturated carbocycles. The highest BCUT2D eigenvalue weighted by Crippen LogP contribution is 2.50. The van der Waals surface area contributed by atoms with Gasteiger partial charge < -0.3 is 19.7 Å². The second-order valence-corrected chi connectivity index (χ2v) is 8.35. The molecular weight excluding hydrogens is 392 g/mol. The van der Waals surface area contributed by atoms with Crippen LogP contribution in [0.25, 0.3) is 0 Å². The molecule has 1 aliphatic carbocycles. The molecule has 0 aromatic heterocycles.